The molecule has 31 heavy (non-hydrogen) atoms. The van der Waals surface area contributed by atoms with E-state index in [4.69, 9.17) is 9.48 Å². The van der Waals surface area contributed by atoms with Crippen molar-refractivity contribution < 1.29 is 9.53 Å². The summed E-state index contributed by atoms with van der Waals surface area (Å²) in [6.45, 7) is 6.69. The number of carbonyl (C=O) groups excluding carboxylic acids is 1. The van der Waals surface area contributed by atoms with Crippen LogP contribution in [0.4, 0.5) is 5.69 Å². The van der Waals surface area contributed by atoms with Crippen LogP contribution in [-0.4, -0.2) is 18.1 Å². The van der Waals surface area contributed by atoms with Crippen molar-refractivity contribution in [1.82, 2.24) is 4.98 Å². The Labute approximate surface area is 184 Å². The Kier molecular flexibility index (Phi) is 7.75. The maximum atomic E-state index is 11.7. The van der Waals surface area contributed by atoms with Crippen molar-refractivity contribution in [2.75, 3.05) is 7.11 Å². The number of carbonyl (C=O) groups is 1. The molecule has 3 aromatic rings. The zero-order chi connectivity index (χ0) is 22.1. The third kappa shape index (κ3) is 5.10. The van der Waals surface area contributed by atoms with E-state index in [0.717, 1.165) is 40.0 Å². The molecule has 0 radical (unpaired) electrons. The molecule has 0 aliphatic carbocycles. The van der Waals surface area contributed by atoms with Crippen molar-refractivity contribution in [2.45, 2.75) is 19.8 Å². The van der Waals surface area contributed by atoms with Crippen LogP contribution in [0.5, 0.6) is 0 Å². The fourth-order valence-electron chi connectivity index (χ4n) is 3.44. The second-order valence-electron chi connectivity index (χ2n) is 7.01. The Hall–Kier alpha value is -3.23. The number of esters is 1. The highest BCUT2D eigenvalue weighted by molar-refractivity contribution is 7.84. The monoisotopic (exact) mass is 430 g/mol. The van der Waals surface area contributed by atoms with E-state index >= 15 is 0 Å². The minimum atomic E-state index is -2.36. The molecule has 1 aromatic heterocycles. The van der Waals surface area contributed by atoms with Gasteiger partial charge in [-0.2, -0.15) is 0 Å². The molecule has 0 saturated carbocycles. The minimum Gasteiger partial charge on any atom is -0.466 e. The summed E-state index contributed by atoms with van der Waals surface area (Å²) in [6.07, 6.45) is 8.39. The lowest BCUT2D eigenvalue weighted by atomic mass is 10.2. The maximum Gasteiger partial charge on any atom is 0.330 e. The Morgan fingerprint density at radius 1 is 1.06 bits per heavy atom. The highest BCUT2D eigenvalue weighted by Crippen LogP contribution is 2.58. The number of aromatic nitrogens is 1. The molecule has 3 rings (SSSR count). The summed E-state index contributed by atoms with van der Waals surface area (Å²) >= 11 is 0. The van der Waals surface area contributed by atoms with Gasteiger partial charge < -0.3 is 4.74 Å². The van der Waals surface area contributed by atoms with E-state index in [9.17, 15) is 4.79 Å². The van der Waals surface area contributed by atoms with Crippen LogP contribution in [0, 0.1) is 0 Å². The summed E-state index contributed by atoms with van der Waals surface area (Å²) in [5.74, 6) is -0.419. The van der Waals surface area contributed by atoms with Crippen LogP contribution in [0.3, 0.4) is 0 Å². The van der Waals surface area contributed by atoms with E-state index in [0.29, 0.717) is 0 Å². The van der Waals surface area contributed by atoms with E-state index in [2.05, 4.69) is 42.8 Å². The number of rotatable bonds is 8. The number of allylic oxidation sites excluding steroid dienone is 1. The van der Waals surface area contributed by atoms with Crippen LogP contribution >= 0.6 is 7.05 Å². The van der Waals surface area contributed by atoms with Gasteiger partial charge in [-0.3, -0.25) is 9.73 Å². The molecule has 0 N–H and O–H groups in total. The molecule has 4 nitrogen and oxygen atoms in total. The van der Waals surface area contributed by atoms with Gasteiger partial charge in [-0.15, -0.1) is 0 Å². The first-order chi connectivity index (χ1) is 15.1. The summed E-state index contributed by atoms with van der Waals surface area (Å²) < 4.78 is 10.2. The second kappa shape index (κ2) is 10.7. The molecule has 158 valence electrons. The van der Waals surface area contributed by atoms with E-state index in [1.165, 1.54) is 13.2 Å². The van der Waals surface area contributed by atoms with E-state index < -0.39 is 13.0 Å². The molecule has 1 heterocycles. The molecular weight excluding hydrogens is 403 g/mol. The zero-order valence-electron chi connectivity index (χ0n) is 17.9. The predicted molar refractivity (Wildman–Crippen MR) is 130 cm³/mol. The number of hydrogen-bond acceptors (Lipinski definition) is 4. The largest absolute Gasteiger partial charge is 0.466 e. The molecule has 2 aromatic carbocycles. The molecule has 0 atom stereocenters. The Bertz CT molecular complexity index is 1080. The van der Waals surface area contributed by atoms with Crippen molar-refractivity contribution in [3.63, 3.8) is 0 Å². The van der Waals surface area contributed by atoms with Crippen LogP contribution in [0.25, 0.3) is 6.08 Å². The SMILES string of the molecule is C=C(CCC)P(=Nc1ccncc1/C=C/C(=O)OC)(c1ccccc1)c1ccccc1. The molecule has 0 saturated heterocycles. The fraction of sp³-hybridized carbons (Fsp3) is 0.154. The molecule has 0 amide bonds. The highest BCUT2D eigenvalue weighted by atomic mass is 31.2. The first-order valence-corrected chi connectivity index (χ1v) is 12.0. The molecular formula is C26H27N2O2P. The fourth-order valence-corrected chi connectivity index (χ4v) is 7.11. The van der Waals surface area contributed by atoms with Gasteiger partial charge in [-0.1, -0.05) is 80.6 Å². The summed E-state index contributed by atoms with van der Waals surface area (Å²) in [6, 6.07) is 22.7. The number of nitrogens with zero attached hydrogens (tertiary/aromatic N) is 2. The lowest BCUT2D eigenvalue weighted by Crippen LogP contribution is -2.17. The van der Waals surface area contributed by atoms with E-state index in [-0.39, 0.29) is 0 Å². The first kappa shape index (κ1) is 22.5. The first-order valence-electron chi connectivity index (χ1n) is 10.2. The number of benzene rings is 2. The van der Waals surface area contributed by atoms with Gasteiger partial charge in [0.2, 0.25) is 0 Å². The summed E-state index contributed by atoms with van der Waals surface area (Å²) in [7, 11) is -1.00. The van der Waals surface area contributed by atoms with Crippen molar-refractivity contribution >= 4 is 35.4 Å². The van der Waals surface area contributed by atoms with Crippen molar-refractivity contribution in [2.24, 2.45) is 4.74 Å². The Morgan fingerprint density at radius 2 is 1.68 bits per heavy atom. The lowest BCUT2D eigenvalue weighted by Gasteiger charge is -2.28. The molecule has 5 heteroatoms. The molecule has 0 aliphatic heterocycles. The minimum absolute atomic E-state index is 0.419. The topological polar surface area (TPSA) is 51.5 Å². The van der Waals surface area contributed by atoms with Gasteiger partial charge in [0.15, 0.2) is 0 Å². The van der Waals surface area contributed by atoms with Crippen molar-refractivity contribution in [1.29, 1.82) is 0 Å². The average molecular weight is 430 g/mol. The van der Waals surface area contributed by atoms with Crippen LogP contribution in [0.15, 0.2) is 102 Å². The van der Waals surface area contributed by atoms with Gasteiger partial charge in [-0.05, 0) is 23.9 Å². The van der Waals surface area contributed by atoms with Gasteiger partial charge in [-0.25, -0.2) is 4.79 Å². The molecule has 0 spiro atoms. The average Bonchev–Trinajstić information content (AvgIpc) is 2.82. The van der Waals surface area contributed by atoms with Gasteiger partial charge in [0.05, 0.1) is 19.9 Å². The number of methoxy groups -OCH3 is 1. The van der Waals surface area contributed by atoms with Gasteiger partial charge in [0, 0.05) is 34.6 Å². The summed E-state index contributed by atoms with van der Waals surface area (Å²) in [4.78, 5) is 15.9. The van der Waals surface area contributed by atoms with Crippen LogP contribution < -0.4 is 10.6 Å². The maximum absolute atomic E-state index is 11.7. The Morgan fingerprint density at radius 3 is 2.23 bits per heavy atom. The smallest absolute Gasteiger partial charge is 0.330 e. The molecule has 0 aliphatic rings. The molecule has 0 fully saturated rings. The van der Waals surface area contributed by atoms with Crippen LogP contribution in [0.1, 0.15) is 25.3 Å². The van der Waals surface area contributed by atoms with Gasteiger partial charge in [0.25, 0.3) is 0 Å². The number of pyridine rings is 1. The molecule has 0 bridgehead atoms. The molecule has 0 unspecified atom stereocenters. The second-order valence-corrected chi connectivity index (χ2v) is 10.1. The van der Waals surface area contributed by atoms with Gasteiger partial charge in [0.1, 0.15) is 0 Å². The predicted octanol–water partition coefficient (Wildman–Crippen LogP) is 6.07. The Balaban J connectivity index is 2.35. The summed E-state index contributed by atoms with van der Waals surface area (Å²) in [5.41, 5.74) is 1.53. The third-order valence-corrected chi connectivity index (χ3v) is 8.69. The third-order valence-electron chi connectivity index (χ3n) is 4.94. The van der Waals surface area contributed by atoms with Crippen LogP contribution in [0.2, 0.25) is 0 Å². The number of hydrogen-bond donors (Lipinski definition) is 0. The standard InChI is InChI=1S/C26H27N2O2P/c1-4-11-21(2)31(23-12-7-5-8-13-23,24-14-9-6-10-15-24)28-25-18-19-27-20-22(25)16-17-26(29)30-3/h5-10,12-20H,2,4,11H2,1,3H3/b17-16+. The van der Waals surface area contributed by atoms with E-state index in [1.807, 2.05) is 42.5 Å². The van der Waals surface area contributed by atoms with Crippen molar-refractivity contribution in [3.8, 4) is 0 Å². The van der Waals surface area contributed by atoms with Crippen molar-refractivity contribution in [3.05, 3.63) is 103 Å². The normalized spacial score (nSPS) is 11.3. The highest BCUT2D eigenvalue weighted by Gasteiger charge is 2.28. The summed E-state index contributed by atoms with van der Waals surface area (Å²) in [5, 5.41) is 3.42. The quantitative estimate of drug-likeness (QED) is 0.248. The number of ether oxygens (including phenoxy) is 1. The van der Waals surface area contributed by atoms with Gasteiger partial charge >= 0.3 is 5.97 Å². The van der Waals surface area contributed by atoms with E-state index in [1.54, 1.807) is 18.5 Å². The zero-order valence-corrected chi connectivity index (χ0v) is 18.8. The van der Waals surface area contributed by atoms with Crippen LogP contribution in [-0.2, 0) is 9.53 Å². The lowest BCUT2D eigenvalue weighted by molar-refractivity contribution is -0.134.